The van der Waals surface area contributed by atoms with Crippen molar-refractivity contribution in [1.29, 1.82) is 0 Å². The molecule has 0 spiro atoms. The van der Waals surface area contributed by atoms with Crippen molar-refractivity contribution in [2.45, 2.75) is 63.2 Å². The molecule has 5 rings (SSSR count). The van der Waals surface area contributed by atoms with Crippen LogP contribution in [0.3, 0.4) is 0 Å². The molecule has 3 heterocycles. The van der Waals surface area contributed by atoms with Gasteiger partial charge in [0.25, 0.3) is 0 Å². The maximum absolute atomic E-state index is 13.3. The molecule has 10 heteroatoms. The molecule has 4 fully saturated rings. The third-order valence-electron chi connectivity index (χ3n) is 8.56. The van der Waals surface area contributed by atoms with Crippen LogP contribution >= 0.6 is 0 Å². The Bertz CT molecular complexity index is 927. The topological polar surface area (TPSA) is 86.4 Å². The Morgan fingerprint density at radius 1 is 0.972 bits per heavy atom. The summed E-state index contributed by atoms with van der Waals surface area (Å²) in [6.07, 6.45) is 4.16. The van der Waals surface area contributed by atoms with Crippen LogP contribution in [0.2, 0.25) is 0 Å². The number of carbonyl (C=O) groups excluding carboxylic acids is 2. The van der Waals surface area contributed by atoms with Crippen LogP contribution in [-0.4, -0.2) is 91.0 Å². The van der Waals surface area contributed by atoms with Gasteiger partial charge in [-0.1, -0.05) is 0 Å². The molecule has 4 aliphatic rings. The van der Waals surface area contributed by atoms with Crippen LogP contribution in [0.4, 0.5) is 14.0 Å². The van der Waals surface area contributed by atoms with Crippen molar-refractivity contribution in [1.82, 2.24) is 25.6 Å². The average molecular weight is 504 g/mol. The van der Waals surface area contributed by atoms with E-state index in [1.54, 1.807) is 4.90 Å². The Labute approximate surface area is 212 Å². The lowest BCUT2D eigenvalue weighted by molar-refractivity contribution is -0.0335. The standard InChI is InChI=1S/C26H38FN5O4/c1-17-15-30(25(33)36-22-6-4-20(27)5-7-22)24-13-18(3-8-23(24)32(17)26(34)35-2)19-14-29-31(16-19)21-9-11-28-12-10-21/h4-7,17-19,21,23-24,28-29H,3,8-16H2,1-2H3/t17-,18?,19?,23?,24?/m0/s1. The molecule has 0 bridgehead atoms. The van der Waals surface area contributed by atoms with Gasteiger partial charge in [0.2, 0.25) is 0 Å². The number of hydrogen-bond acceptors (Lipinski definition) is 7. The zero-order valence-corrected chi connectivity index (χ0v) is 21.2. The first-order valence-electron chi connectivity index (χ1n) is 13.3. The van der Waals surface area contributed by atoms with Crippen LogP contribution in [0.1, 0.15) is 39.0 Å². The molecule has 9 nitrogen and oxygen atoms in total. The molecular weight excluding hydrogens is 465 g/mol. The third-order valence-corrected chi connectivity index (χ3v) is 8.56. The van der Waals surface area contributed by atoms with Gasteiger partial charge in [0.1, 0.15) is 11.6 Å². The Kier molecular flexibility index (Phi) is 7.64. The number of nitrogens with one attached hydrogen (secondary N) is 2. The highest BCUT2D eigenvalue weighted by atomic mass is 19.1. The van der Waals surface area contributed by atoms with E-state index in [2.05, 4.69) is 15.8 Å². The predicted molar refractivity (Wildman–Crippen MR) is 132 cm³/mol. The molecule has 2 amide bonds. The summed E-state index contributed by atoms with van der Waals surface area (Å²) in [5, 5.41) is 5.87. The Hall–Kier alpha value is -2.43. The molecule has 0 radical (unpaired) electrons. The first kappa shape index (κ1) is 25.2. The predicted octanol–water partition coefficient (Wildman–Crippen LogP) is 2.82. The largest absolute Gasteiger partial charge is 0.453 e. The van der Waals surface area contributed by atoms with Gasteiger partial charge in [0, 0.05) is 25.7 Å². The van der Waals surface area contributed by atoms with E-state index >= 15 is 0 Å². The molecule has 3 aliphatic heterocycles. The van der Waals surface area contributed by atoms with Gasteiger partial charge < -0.3 is 19.7 Å². The van der Waals surface area contributed by atoms with E-state index in [0.717, 1.165) is 58.3 Å². The van der Waals surface area contributed by atoms with Crippen LogP contribution in [0.5, 0.6) is 5.75 Å². The summed E-state index contributed by atoms with van der Waals surface area (Å²) >= 11 is 0. The maximum atomic E-state index is 13.3. The molecule has 1 aromatic carbocycles. The van der Waals surface area contributed by atoms with Gasteiger partial charge in [-0.2, -0.15) is 0 Å². The molecule has 4 unspecified atom stereocenters. The van der Waals surface area contributed by atoms with Gasteiger partial charge in [0.05, 0.1) is 25.2 Å². The minimum atomic E-state index is -0.450. The van der Waals surface area contributed by atoms with Crippen LogP contribution < -0.4 is 15.5 Å². The molecule has 0 aromatic heterocycles. The van der Waals surface area contributed by atoms with E-state index < -0.39 is 6.09 Å². The van der Waals surface area contributed by atoms with Crippen molar-refractivity contribution in [3.05, 3.63) is 30.1 Å². The number of nitrogens with zero attached hydrogens (tertiary/aromatic N) is 3. The van der Waals surface area contributed by atoms with Gasteiger partial charge in [-0.25, -0.2) is 19.0 Å². The number of ether oxygens (including phenoxy) is 2. The number of methoxy groups -OCH3 is 1. The summed E-state index contributed by atoms with van der Waals surface area (Å²) in [5.41, 5.74) is 3.65. The number of piperidine rings is 1. The number of hydrogen-bond donors (Lipinski definition) is 2. The fourth-order valence-electron chi connectivity index (χ4n) is 6.71. The van der Waals surface area contributed by atoms with Crippen molar-refractivity contribution in [3.8, 4) is 5.75 Å². The summed E-state index contributed by atoms with van der Waals surface area (Å²) in [7, 11) is 1.41. The van der Waals surface area contributed by atoms with Gasteiger partial charge >= 0.3 is 12.2 Å². The van der Waals surface area contributed by atoms with E-state index in [0.29, 0.717) is 30.2 Å². The van der Waals surface area contributed by atoms with Crippen molar-refractivity contribution >= 4 is 12.2 Å². The number of rotatable bonds is 3. The van der Waals surface area contributed by atoms with Crippen molar-refractivity contribution in [2.75, 3.05) is 39.8 Å². The minimum Gasteiger partial charge on any atom is -0.453 e. The van der Waals surface area contributed by atoms with E-state index in [1.807, 2.05) is 11.8 Å². The molecule has 3 saturated heterocycles. The second-order valence-electron chi connectivity index (χ2n) is 10.7. The number of hydrazine groups is 1. The maximum Gasteiger partial charge on any atom is 0.415 e. The highest BCUT2D eigenvalue weighted by Crippen LogP contribution is 2.40. The number of halogens is 1. The Morgan fingerprint density at radius 2 is 1.72 bits per heavy atom. The van der Waals surface area contributed by atoms with E-state index in [4.69, 9.17) is 9.47 Å². The summed E-state index contributed by atoms with van der Waals surface area (Å²) in [4.78, 5) is 29.6. The van der Waals surface area contributed by atoms with Gasteiger partial charge in [-0.05, 0) is 88.2 Å². The lowest BCUT2D eigenvalue weighted by atomic mass is 9.73. The normalized spacial score (nSPS) is 31.7. The smallest absolute Gasteiger partial charge is 0.415 e. The fraction of sp³-hybridized carbons (Fsp3) is 0.692. The summed E-state index contributed by atoms with van der Waals surface area (Å²) < 4.78 is 24.1. The lowest BCUT2D eigenvalue weighted by Gasteiger charge is -2.53. The van der Waals surface area contributed by atoms with Crippen molar-refractivity contribution in [2.24, 2.45) is 11.8 Å². The number of fused-ring (bicyclic) bond motifs is 1. The zero-order valence-electron chi connectivity index (χ0n) is 21.2. The van der Waals surface area contributed by atoms with Crippen molar-refractivity contribution < 1.29 is 23.5 Å². The minimum absolute atomic E-state index is 0.117. The second kappa shape index (κ2) is 10.9. The molecule has 1 aromatic rings. The number of carbonyl (C=O) groups is 2. The summed E-state index contributed by atoms with van der Waals surface area (Å²) in [6.45, 7) is 6.40. The zero-order chi connectivity index (χ0) is 25.2. The van der Waals surface area contributed by atoms with Gasteiger partial charge in [-0.3, -0.25) is 10.3 Å². The number of amides is 2. The van der Waals surface area contributed by atoms with E-state index in [9.17, 15) is 14.0 Å². The quantitative estimate of drug-likeness (QED) is 0.656. The van der Waals surface area contributed by atoms with E-state index in [1.165, 1.54) is 31.4 Å². The number of piperazine rings is 1. The van der Waals surface area contributed by atoms with Gasteiger partial charge in [-0.15, -0.1) is 0 Å². The highest BCUT2D eigenvalue weighted by molar-refractivity contribution is 5.73. The molecule has 2 N–H and O–H groups in total. The summed E-state index contributed by atoms with van der Waals surface area (Å²) in [6, 6.07) is 5.58. The van der Waals surface area contributed by atoms with Crippen LogP contribution in [-0.2, 0) is 4.74 Å². The fourth-order valence-corrected chi connectivity index (χ4v) is 6.71. The van der Waals surface area contributed by atoms with Crippen LogP contribution in [0.25, 0.3) is 0 Å². The monoisotopic (exact) mass is 503 g/mol. The first-order valence-corrected chi connectivity index (χ1v) is 13.3. The highest BCUT2D eigenvalue weighted by Gasteiger charge is 2.49. The lowest BCUT2D eigenvalue weighted by Crippen LogP contribution is -2.67. The molecule has 1 aliphatic carbocycles. The van der Waals surface area contributed by atoms with Crippen molar-refractivity contribution in [3.63, 3.8) is 0 Å². The van der Waals surface area contributed by atoms with Crippen LogP contribution in [0, 0.1) is 17.7 Å². The molecule has 1 saturated carbocycles. The molecule has 5 atom stereocenters. The third kappa shape index (κ3) is 5.17. The Morgan fingerprint density at radius 3 is 2.44 bits per heavy atom. The first-order chi connectivity index (χ1) is 17.4. The molecule has 198 valence electrons. The molecule has 36 heavy (non-hydrogen) atoms. The number of benzene rings is 1. The van der Waals surface area contributed by atoms with Gasteiger partial charge in [0.15, 0.2) is 0 Å². The SMILES string of the molecule is COC(=O)N1C2CCC(C3CNN(C4CCNCC4)C3)CC2N(C(=O)Oc2ccc(F)cc2)C[C@@H]1C. The summed E-state index contributed by atoms with van der Waals surface area (Å²) in [5.74, 6) is 0.876. The van der Waals surface area contributed by atoms with Crippen LogP contribution in [0.15, 0.2) is 24.3 Å². The molecular formula is C26H38FN5O4. The second-order valence-corrected chi connectivity index (χ2v) is 10.7. The van der Waals surface area contributed by atoms with E-state index in [-0.39, 0.29) is 30.0 Å². The Balaban J connectivity index is 1.31. The average Bonchev–Trinajstić information content (AvgIpc) is 3.40.